The van der Waals surface area contributed by atoms with Crippen LogP contribution < -0.4 is 5.73 Å². The molecule has 0 bridgehead atoms. The molecule has 0 fully saturated rings. The van der Waals surface area contributed by atoms with Gasteiger partial charge < -0.3 is 5.73 Å². The topological polar surface area (TPSA) is 26.0 Å². The van der Waals surface area contributed by atoms with Crippen LogP contribution in [0.3, 0.4) is 0 Å². The Morgan fingerprint density at radius 1 is 0.526 bits per heavy atom. The van der Waals surface area contributed by atoms with E-state index in [1.165, 1.54) is 32.3 Å². The van der Waals surface area contributed by atoms with Crippen molar-refractivity contribution in [3.05, 3.63) is 66.7 Å². The predicted octanol–water partition coefficient (Wildman–Crippen LogP) is 4.73. The molecule has 0 aliphatic rings. The van der Waals surface area contributed by atoms with Crippen LogP contribution in [0.4, 0.5) is 5.69 Å². The molecule has 0 radical (unpaired) electrons. The maximum absolute atomic E-state index is 5.86. The highest BCUT2D eigenvalue weighted by Crippen LogP contribution is 2.31. The van der Waals surface area contributed by atoms with Gasteiger partial charge in [-0.3, -0.25) is 0 Å². The van der Waals surface area contributed by atoms with Gasteiger partial charge in [-0.15, -0.1) is 0 Å². The third-order valence-electron chi connectivity index (χ3n) is 3.77. The molecule has 1 nitrogen and oxygen atoms in total. The smallest absolute Gasteiger partial charge is 0.0320 e. The van der Waals surface area contributed by atoms with Gasteiger partial charge in [0.2, 0.25) is 0 Å². The van der Waals surface area contributed by atoms with Crippen molar-refractivity contribution in [2.75, 3.05) is 5.73 Å². The van der Waals surface area contributed by atoms with Gasteiger partial charge in [-0.25, -0.2) is 0 Å². The van der Waals surface area contributed by atoms with E-state index in [1.54, 1.807) is 0 Å². The Morgan fingerprint density at radius 3 is 2.00 bits per heavy atom. The lowest BCUT2D eigenvalue weighted by molar-refractivity contribution is 1.75. The average Bonchev–Trinajstić information content (AvgIpc) is 2.46. The molecular formula is C18H13N. The van der Waals surface area contributed by atoms with E-state index in [2.05, 4.69) is 54.6 Å². The van der Waals surface area contributed by atoms with Gasteiger partial charge in [0.15, 0.2) is 0 Å². The van der Waals surface area contributed by atoms with Crippen molar-refractivity contribution < 1.29 is 0 Å². The average molecular weight is 243 g/mol. The summed E-state index contributed by atoms with van der Waals surface area (Å²) >= 11 is 0. The molecule has 0 aliphatic carbocycles. The van der Waals surface area contributed by atoms with Crippen LogP contribution in [-0.2, 0) is 0 Å². The lowest BCUT2D eigenvalue weighted by Gasteiger charge is -2.08. The quantitative estimate of drug-likeness (QED) is 0.350. The number of rotatable bonds is 0. The van der Waals surface area contributed by atoms with Gasteiger partial charge in [0, 0.05) is 5.69 Å². The van der Waals surface area contributed by atoms with Crippen molar-refractivity contribution in [1.29, 1.82) is 0 Å². The van der Waals surface area contributed by atoms with Gasteiger partial charge in [-0.2, -0.15) is 0 Å². The molecule has 0 atom stereocenters. The van der Waals surface area contributed by atoms with Crippen LogP contribution in [0.5, 0.6) is 0 Å². The fourth-order valence-corrected chi connectivity index (χ4v) is 2.85. The standard InChI is InChI=1S/C18H13N/c19-14-7-10-16-13(11-14)6-9-17-15-4-2-1-3-12(15)5-8-18(16)17/h1-11H,19H2. The summed E-state index contributed by atoms with van der Waals surface area (Å²) in [5.41, 5.74) is 6.67. The second-order valence-electron chi connectivity index (χ2n) is 4.93. The second kappa shape index (κ2) is 3.72. The molecule has 1 heteroatoms. The Bertz CT molecular complexity index is 922. The minimum absolute atomic E-state index is 0.813. The van der Waals surface area contributed by atoms with E-state index < -0.39 is 0 Å². The Labute approximate surface area is 111 Å². The van der Waals surface area contributed by atoms with Gasteiger partial charge >= 0.3 is 0 Å². The van der Waals surface area contributed by atoms with Crippen LogP contribution in [0.2, 0.25) is 0 Å². The minimum atomic E-state index is 0.813. The summed E-state index contributed by atoms with van der Waals surface area (Å²) in [5, 5.41) is 7.63. The number of hydrogen-bond donors (Lipinski definition) is 1. The summed E-state index contributed by atoms with van der Waals surface area (Å²) in [5.74, 6) is 0. The van der Waals surface area contributed by atoms with Crippen molar-refractivity contribution in [3.63, 3.8) is 0 Å². The second-order valence-corrected chi connectivity index (χ2v) is 4.93. The molecule has 19 heavy (non-hydrogen) atoms. The number of hydrogen-bond acceptors (Lipinski definition) is 1. The van der Waals surface area contributed by atoms with Crippen LogP contribution in [-0.4, -0.2) is 0 Å². The summed E-state index contributed by atoms with van der Waals surface area (Å²) in [6.45, 7) is 0. The minimum Gasteiger partial charge on any atom is -0.399 e. The summed E-state index contributed by atoms with van der Waals surface area (Å²) in [6, 6.07) is 23.4. The van der Waals surface area contributed by atoms with E-state index in [1.807, 2.05) is 12.1 Å². The zero-order valence-electron chi connectivity index (χ0n) is 10.4. The molecule has 4 rings (SSSR count). The fourth-order valence-electron chi connectivity index (χ4n) is 2.85. The van der Waals surface area contributed by atoms with Crippen molar-refractivity contribution in [2.45, 2.75) is 0 Å². The van der Waals surface area contributed by atoms with Crippen LogP contribution in [0.25, 0.3) is 32.3 Å². The third-order valence-corrected chi connectivity index (χ3v) is 3.77. The zero-order valence-corrected chi connectivity index (χ0v) is 10.4. The van der Waals surface area contributed by atoms with Gasteiger partial charge in [0.1, 0.15) is 0 Å². The molecule has 0 heterocycles. The molecule has 0 saturated carbocycles. The Balaban J connectivity index is 2.26. The third kappa shape index (κ3) is 1.48. The van der Waals surface area contributed by atoms with Crippen LogP contribution >= 0.6 is 0 Å². The van der Waals surface area contributed by atoms with Crippen molar-refractivity contribution in [3.8, 4) is 0 Å². The van der Waals surface area contributed by atoms with Crippen LogP contribution in [0.1, 0.15) is 0 Å². The molecule has 4 aromatic carbocycles. The monoisotopic (exact) mass is 243 g/mol. The van der Waals surface area contributed by atoms with Crippen LogP contribution in [0, 0.1) is 0 Å². The molecule has 2 N–H and O–H groups in total. The number of anilines is 1. The van der Waals surface area contributed by atoms with E-state index in [4.69, 9.17) is 5.73 Å². The summed E-state index contributed by atoms with van der Waals surface area (Å²) < 4.78 is 0. The fraction of sp³-hybridized carbons (Fsp3) is 0. The predicted molar refractivity (Wildman–Crippen MR) is 83.4 cm³/mol. The highest BCUT2D eigenvalue weighted by Gasteiger charge is 2.04. The first kappa shape index (κ1) is 10.4. The molecule has 4 aromatic rings. The molecule has 0 amide bonds. The van der Waals surface area contributed by atoms with Crippen molar-refractivity contribution in [1.82, 2.24) is 0 Å². The largest absolute Gasteiger partial charge is 0.399 e. The lowest BCUT2D eigenvalue weighted by atomic mass is 9.97. The first-order valence-electron chi connectivity index (χ1n) is 6.43. The first-order valence-corrected chi connectivity index (χ1v) is 6.43. The Kier molecular flexibility index (Phi) is 2.04. The lowest BCUT2D eigenvalue weighted by Crippen LogP contribution is -1.85. The molecule has 0 saturated heterocycles. The van der Waals surface area contributed by atoms with Crippen LogP contribution in [0.15, 0.2) is 66.7 Å². The van der Waals surface area contributed by atoms with Gasteiger partial charge in [0.05, 0.1) is 0 Å². The summed E-state index contributed by atoms with van der Waals surface area (Å²) in [4.78, 5) is 0. The number of benzene rings is 4. The van der Waals surface area contributed by atoms with E-state index in [9.17, 15) is 0 Å². The molecule has 0 aromatic heterocycles. The van der Waals surface area contributed by atoms with E-state index in [-0.39, 0.29) is 0 Å². The molecule has 0 aliphatic heterocycles. The maximum atomic E-state index is 5.86. The number of nitrogens with two attached hydrogens (primary N) is 1. The molecule has 90 valence electrons. The SMILES string of the molecule is Nc1ccc2c(ccc3c4ccccc4ccc23)c1. The van der Waals surface area contributed by atoms with E-state index in [0.29, 0.717) is 0 Å². The van der Waals surface area contributed by atoms with Crippen molar-refractivity contribution in [2.24, 2.45) is 0 Å². The summed E-state index contributed by atoms with van der Waals surface area (Å²) in [6.07, 6.45) is 0. The molecule has 0 unspecified atom stereocenters. The van der Waals surface area contributed by atoms with Gasteiger partial charge in [-0.05, 0) is 44.5 Å². The normalized spacial score (nSPS) is 11.4. The summed E-state index contributed by atoms with van der Waals surface area (Å²) in [7, 11) is 0. The molecule has 0 spiro atoms. The van der Waals surface area contributed by atoms with Gasteiger partial charge in [0.25, 0.3) is 0 Å². The van der Waals surface area contributed by atoms with E-state index >= 15 is 0 Å². The number of nitrogen functional groups attached to an aromatic ring is 1. The highest BCUT2D eigenvalue weighted by molar-refractivity contribution is 6.17. The van der Waals surface area contributed by atoms with Crippen molar-refractivity contribution >= 4 is 38.0 Å². The van der Waals surface area contributed by atoms with Gasteiger partial charge in [-0.1, -0.05) is 54.6 Å². The zero-order chi connectivity index (χ0) is 12.8. The molecular weight excluding hydrogens is 230 g/mol. The maximum Gasteiger partial charge on any atom is 0.0320 e. The Hall–Kier alpha value is -2.54. The highest BCUT2D eigenvalue weighted by atomic mass is 14.5. The first-order chi connectivity index (χ1) is 9.33. The number of fused-ring (bicyclic) bond motifs is 5. The Morgan fingerprint density at radius 2 is 1.16 bits per heavy atom. The van der Waals surface area contributed by atoms with E-state index in [0.717, 1.165) is 5.69 Å².